The van der Waals surface area contributed by atoms with Crippen LogP contribution in [-0.2, 0) is 0 Å². The van der Waals surface area contributed by atoms with E-state index in [1.165, 1.54) is 0 Å². The molecule has 5 nitrogen and oxygen atoms in total. The third-order valence-corrected chi connectivity index (χ3v) is 2.55. The van der Waals surface area contributed by atoms with Crippen LogP contribution >= 0.6 is 0 Å². The summed E-state index contributed by atoms with van der Waals surface area (Å²) in [6, 6.07) is 7.67. The average Bonchev–Trinajstić information content (AvgIpc) is 2.66. The van der Waals surface area contributed by atoms with Crippen molar-refractivity contribution in [1.29, 1.82) is 0 Å². The maximum atomic E-state index is 11.3. The van der Waals surface area contributed by atoms with Gasteiger partial charge in [0.05, 0.1) is 11.7 Å². The van der Waals surface area contributed by atoms with Crippen LogP contribution in [0.2, 0.25) is 0 Å². The predicted octanol–water partition coefficient (Wildman–Crippen LogP) is 1.21. The van der Waals surface area contributed by atoms with E-state index in [1.807, 2.05) is 24.3 Å². The van der Waals surface area contributed by atoms with Crippen LogP contribution in [0.4, 0.5) is 0 Å². The summed E-state index contributed by atoms with van der Waals surface area (Å²) >= 11 is 0. The number of carbonyl (C=O) groups is 1. The van der Waals surface area contributed by atoms with Gasteiger partial charge in [-0.05, 0) is 6.07 Å². The normalized spacial score (nSPS) is 11.0. The molecule has 0 bridgehead atoms. The first-order valence-electron chi connectivity index (χ1n) is 4.79. The number of nitrogens with zero attached hydrogens (tertiary/aromatic N) is 2. The van der Waals surface area contributed by atoms with Gasteiger partial charge in [-0.2, -0.15) is 5.10 Å². The first kappa shape index (κ1) is 8.84. The van der Waals surface area contributed by atoms with Gasteiger partial charge in [0, 0.05) is 16.3 Å². The largest absolute Gasteiger partial charge is 0.364 e. The van der Waals surface area contributed by atoms with Crippen molar-refractivity contribution in [2.24, 2.45) is 5.73 Å². The quantitative estimate of drug-likeness (QED) is 0.635. The zero-order valence-electron chi connectivity index (χ0n) is 8.27. The minimum absolute atomic E-state index is 0.204. The number of fused-ring (bicyclic) bond motifs is 3. The molecule has 78 valence electrons. The number of hydrogen-bond donors (Lipinski definition) is 2. The van der Waals surface area contributed by atoms with Gasteiger partial charge >= 0.3 is 0 Å². The van der Waals surface area contributed by atoms with Gasteiger partial charge in [0.1, 0.15) is 0 Å². The molecule has 0 aliphatic heterocycles. The van der Waals surface area contributed by atoms with Crippen molar-refractivity contribution < 1.29 is 4.79 Å². The second-order valence-electron chi connectivity index (χ2n) is 3.52. The lowest BCUT2D eigenvalue weighted by Crippen LogP contribution is -2.14. The molecule has 3 rings (SSSR count). The summed E-state index contributed by atoms with van der Waals surface area (Å²) in [6.07, 6.45) is 1.59. The summed E-state index contributed by atoms with van der Waals surface area (Å²) in [6.45, 7) is 0. The van der Waals surface area contributed by atoms with E-state index in [2.05, 4.69) is 15.2 Å². The number of aromatic nitrogens is 3. The van der Waals surface area contributed by atoms with Crippen LogP contribution in [0.15, 0.2) is 30.5 Å². The Hall–Kier alpha value is -2.43. The molecule has 0 radical (unpaired) electrons. The molecular formula is C11H8N4O. The van der Waals surface area contributed by atoms with E-state index in [0.717, 1.165) is 21.8 Å². The van der Waals surface area contributed by atoms with E-state index in [4.69, 9.17) is 5.73 Å². The lowest BCUT2D eigenvalue weighted by molar-refractivity contribution is 0.0996. The van der Waals surface area contributed by atoms with Gasteiger partial charge in [0.15, 0.2) is 5.69 Å². The molecule has 0 unspecified atom stereocenters. The summed E-state index contributed by atoms with van der Waals surface area (Å²) < 4.78 is 0. The summed E-state index contributed by atoms with van der Waals surface area (Å²) in [5.74, 6) is -0.567. The first-order valence-corrected chi connectivity index (χ1v) is 4.79. The van der Waals surface area contributed by atoms with E-state index in [-0.39, 0.29) is 5.69 Å². The van der Waals surface area contributed by atoms with Gasteiger partial charge in [-0.25, -0.2) is 0 Å². The zero-order valence-corrected chi connectivity index (χ0v) is 8.27. The molecule has 3 aromatic rings. The van der Waals surface area contributed by atoms with E-state index < -0.39 is 5.91 Å². The number of H-pyrrole nitrogens is 1. The highest BCUT2D eigenvalue weighted by molar-refractivity contribution is 6.15. The standard InChI is InChI=1S/C11H8N4O/c12-11(16)10-9-6-3-1-2-4-7(6)14-8(9)5-13-15-10/h1-5,14H,(H2,12,16). The van der Waals surface area contributed by atoms with Gasteiger partial charge in [0.25, 0.3) is 5.91 Å². The highest BCUT2D eigenvalue weighted by Gasteiger charge is 2.13. The maximum Gasteiger partial charge on any atom is 0.269 e. The van der Waals surface area contributed by atoms with Crippen LogP contribution in [0.1, 0.15) is 10.5 Å². The summed E-state index contributed by atoms with van der Waals surface area (Å²) in [5, 5.41) is 9.20. The van der Waals surface area contributed by atoms with Gasteiger partial charge in [-0.3, -0.25) is 4.79 Å². The molecule has 16 heavy (non-hydrogen) atoms. The number of hydrogen-bond acceptors (Lipinski definition) is 3. The Kier molecular flexibility index (Phi) is 1.67. The smallest absolute Gasteiger partial charge is 0.269 e. The Morgan fingerprint density at radius 2 is 2.06 bits per heavy atom. The van der Waals surface area contributed by atoms with Gasteiger partial charge in [-0.15, -0.1) is 5.10 Å². The topological polar surface area (TPSA) is 84.7 Å². The zero-order chi connectivity index (χ0) is 11.1. The minimum atomic E-state index is -0.567. The highest BCUT2D eigenvalue weighted by atomic mass is 16.1. The SMILES string of the molecule is NC(=O)c1nncc2[nH]c3ccccc3c12. The average molecular weight is 212 g/mol. The molecule has 1 aromatic carbocycles. The number of para-hydroxylation sites is 1. The summed E-state index contributed by atoms with van der Waals surface area (Å²) in [5.41, 5.74) is 7.19. The van der Waals surface area contributed by atoms with Crippen LogP contribution in [0.3, 0.4) is 0 Å². The first-order chi connectivity index (χ1) is 7.77. The van der Waals surface area contributed by atoms with Crippen LogP contribution in [0.25, 0.3) is 21.8 Å². The van der Waals surface area contributed by atoms with E-state index in [0.29, 0.717) is 0 Å². The van der Waals surface area contributed by atoms with E-state index >= 15 is 0 Å². The van der Waals surface area contributed by atoms with E-state index in [9.17, 15) is 4.79 Å². The number of primary amides is 1. The molecule has 0 saturated heterocycles. The number of aromatic amines is 1. The number of benzene rings is 1. The molecule has 2 aromatic heterocycles. The van der Waals surface area contributed by atoms with Crippen LogP contribution in [-0.4, -0.2) is 21.1 Å². The fourth-order valence-electron chi connectivity index (χ4n) is 1.88. The number of nitrogens with one attached hydrogen (secondary N) is 1. The van der Waals surface area contributed by atoms with Crippen LogP contribution in [0, 0.1) is 0 Å². The molecule has 3 N–H and O–H groups in total. The number of rotatable bonds is 1. The van der Waals surface area contributed by atoms with Crippen molar-refractivity contribution in [2.45, 2.75) is 0 Å². The predicted molar refractivity (Wildman–Crippen MR) is 59.9 cm³/mol. The third-order valence-electron chi connectivity index (χ3n) is 2.55. The fourth-order valence-corrected chi connectivity index (χ4v) is 1.88. The molecule has 5 heteroatoms. The molecule has 1 amide bonds. The number of nitrogens with two attached hydrogens (primary N) is 1. The van der Waals surface area contributed by atoms with Crippen LogP contribution < -0.4 is 5.73 Å². The molecule has 0 spiro atoms. The molecule has 0 saturated carbocycles. The monoisotopic (exact) mass is 212 g/mol. The lowest BCUT2D eigenvalue weighted by Gasteiger charge is -1.95. The van der Waals surface area contributed by atoms with Crippen molar-refractivity contribution in [3.8, 4) is 0 Å². The Bertz CT molecular complexity index is 701. The fraction of sp³-hybridized carbons (Fsp3) is 0. The van der Waals surface area contributed by atoms with Crippen molar-refractivity contribution >= 4 is 27.7 Å². The minimum Gasteiger partial charge on any atom is -0.364 e. The van der Waals surface area contributed by atoms with Gasteiger partial charge in [-0.1, -0.05) is 18.2 Å². The molecular weight excluding hydrogens is 204 g/mol. The summed E-state index contributed by atoms with van der Waals surface area (Å²) in [7, 11) is 0. The van der Waals surface area contributed by atoms with Crippen molar-refractivity contribution in [3.63, 3.8) is 0 Å². The van der Waals surface area contributed by atoms with Crippen LogP contribution in [0.5, 0.6) is 0 Å². The van der Waals surface area contributed by atoms with Gasteiger partial charge < -0.3 is 10.7 Å². The molecule has 0 aliphatic carbocycles. The molecule has 2 heterocycles. The van der Waals surface area contributed by atoms with E-state index in [1.54, 1.807) is 6.20 Å². The second kappa shape index (κ2) is 3.03. The Labute approximate surface area is 90.3 Å². The van der Waals surface area contributed by atoms with Crippen molar-refractivity contribution in [1.82, 2.24) is 15.2 Å². The third kappa shape index (κ3) is 1.08. The molecule has 0 fully saturated rings. The van der Waals surface area contributed by atoms with Crippen molar-refractivity contribution in [3.05, 3.63) is 36.2 Å². The molecule has 0 atom stereocenters. The Morgan fingerprint density at radius 3 is 2.88 bits per heavy atom. The maximum absolute atomic E-state index is 11.3. The second-order valence-corrected chi connectivity index (χ2v) is 3.52. The lowest BCUT2D eigenvalue weighted by atomic mass is 10.1. The van der Waals surface area contributed by atoms with Crippen molar-refractivity contribution in [2.75, 3.05) is 0 Å². The highest BCUT2D eigenvalue weighted by Crippen LogP contribution is 2.25. The van der Waals surface area contributed by atoms with Gasteiger partial charge in [0.2, 0.25) is 0 Å². The Balaban J connectivity index is 2.57. The number of amides is 1. The Morgan fingerprint density at radius 1 is 1.25 bits per heavy atom. The summed E-state index contributed by atoms with van der Waals surface area (Å²) in [4.78, 5) is 14.4. The molecule has 0 aliphatic rings. The number of carbonyl (C=O) groups excluding carboxylic acids is 1.